The van der Waals surface area contributed by atoms with Gasteiger partial charge in [0.1, 0.15) is 11.2 Å². The first kappa shape index (κ1) is 80.8. The van der Waals surface area contributed by atoms with Crippen molar-refractivity contribution < 1.29 is 38.6 Å². The second kappa shape index (κ2) is 34.9. The second-order valence-electron chi connectivity index (χ2n) is 32.1. The highest BCUT2D eigenvalue weighted by Crippen LogP contribution is 2.38. The van der Waals surface area contributed by atoms with Crippen LogP contribution < -0.4 is 37.6 Å². The predicted octanol–water partition coefficient (Wildman–Crippen LogP) is 14.8. The molecule has 9 N–H and O–H groups in total. The first-order chi connectivity index (χ1) is 57.8. The normalized spacial score (nSPS) is 13.5. The molecule has 0 saturated carbocycles. The standard InChI is InChI=1S/C32H33N7O3.C27H25N7O.C23H17N5O2.C9H18N2O2/c1-32(2,3)42-31(41)39-18-20(19-39)16-36-30(40)24-7-9-33-17-27(24)37-23-14-25(29-26(15-23)34-10-11-35-29)22-6-5-21-8-12-38(4)28(21)13-22;1-34-9-5-18-2-3-19(10-25(18)34)22-11-20(12-23-26(22)31-8-7-30-23)33-24-16-28-6-4-21(24)27(35)32-15-17-13-29-14-17;1-28-9-5-14-2-3-15(10-21(14)28)18-11-16(12-19-22(18)26-8-7-25-19)27-20-13-24-6-4-17(20)23(29)30;1-9(2,3)13-8(12)11-5-7(4-10)6-11/h5-15,17,20,37H,16,18-19H2,1-4H3,(H,36,40);2-12,16-17,29,33H,13-15H2,1H3,(H,32,35);2-13,27H,1H3,(H,29,30);7H,4-6,10H2,1-3H3. The maximum absolute atomic E-state index is 13.2. The number of carbonyl (C=O) groups excluding carboxylic acids is 4. The number of ether oxygens (including phenoxy) is 2. The number of carbonyl (C=O) groups is 5. The summed E-state index contributed by atoms with van der Waals surface area (Å²) < 4.78 is 16.9. The van der Waals surface area contributed by atoms with Crippen LogP contribution in [-0.4, -0.2) is 174 Å². The fraction of sp³-hybridized carbons (Fsp3) is 0.253. The van der Waals surface area contributed by atoms with Gasteiger partial charge in [-0.05, 0) is 172 Å². The molecule has 4 amide bonds. The van der Waals surface area contributed by atoms with E-state index in [1.165, 1.54) is 23.8 Å². The van der Waals surface area contributed by atoms with Gasteiger partial charge in [-0.3, -0.25) is 54.4 Å². The first-order valence-electron chi connectivity index (χ1n) is 39.5. The minimum Gasteiger partial charge on any atom is -0.478 e. The first-order valence-corrected chi connectivity index (χ1v) is 39.5. The summed E-state index contributed by atoms with van der Waals surface area (Å²) >= 11 is 0. The van der Waals surface area contributed by atoms with Gasteiger partial charge in [0, 0.05) is 216 Å². The molecule has 0 radical (unpaired) electrons. The largest absolute Gasteiger partial charge is 0.478 e. The molecule has 3 saturated heterocycles. The van der Waals surface area contributed by atoms with Crippen LogP contribution in [0.5, 0.6) is 0 Å². The number of fused-ring (bicyclic) bond motifs is 6. The number of likely N-dealkylation sites (tertiary alicyclic amines) is 2. The maximum Gasteiger partial charge on any atom is 0.410 e. The number of pyridine rings is 3. The van der Waals surface area contributed by atoms with E-state index in [2.05, 4.69) is 176 Å². The minimum atomic E-state index is -1.02. The lowest BCUT2D eigenvalue weighted by Crippen LogP contribution is -2.54. The zero-order valence-corrected chi connectivity index (χ0v) is 68.0. The van der Waals surface area contributed by atoms with E-state index in [1.807, 2.05) is 105 Å². The van der Waals surface area contributed by atoms with Crippen LogP contribution in [0.2, 0.25) is 0 Å². The van der Waals surface area contributed by atoms with E-state index >= 15 is 0 Å². The summed E-state index contributed by atoms with van der Waals surface area (Å²) in [4.78, 5) is 104. The van der Waals surface area contributed by atoms with Crippen molar-refractivity contribution in [3.8, 4) is 33.4 Å². The number of aromatic nitrogens is 12. The van der Waals surface area contributed by atoms with Crippen molar-refractivity contribution in [2.24, 2.45) is 44.6 Å². The van der Waals surface area contributed by atoms with Crippen LogP contribution >= 0.6 is 0 Å². The summed E-state index contributed by atoms with van der Waals surface area (Å²) in [5, 5.41) is 32.2. The van der Waals surface area contributed by atoms with Crippen LogP contribution in [0, 0.1) is 17.8 Å². The quantitative estimate of drug-likeness (QED) is 0.0420. The Labute approximate surface area is 691 Å². The third kappa shape index (κ3) is 18.7. The molecular weight excluding hydrogens is 1520 g/mol. The fourth-order valence-electron chi connectivity index (χ4n) is 14.4. The summed E-state index contributed by atoms with van der Waals surface area (Å²) in [6, 6.07) is 41.9. The predicted molar refractivity (Wildman–Crippen MR) is 467 cm³/mol. The van der Waals surface area contributed by atoms with Crippen molar-refractivity contribution in [1.82, 2.24) is 84.3 Å². The molecule has 29 heteroatoms. The molecule has 120 heavy (non-hydrogen) atoms. The van der Waals surface area contributed by atoms with E-state index in [-0.39, 0.29) is 35.5 Å². The summed E-state index contributed by atoms with van der Waals surface area (Å²) in [7, 11) is 6.08. The van der Waals surface area contributed by atoms with Crippen LogP contribution in [0.3, 0.4) is 0 Å². The fourth-order valence-corrected chi connectivity index (χ4v) is 14.4. The molecule has 0 unspecified atom stereocenters. The molecule has 0 spiro atoms. The summed E-state index contributed by atoms with van der Waals surface area (Å²) in [5.41, 5.74) is 23.5. The second-order valence-corrected chi connectivity index (χ2v) is 32.1. The number of rotatable bonds is 17. The maximum atomic E-state index is 13.2. The molecule has 610 valence electrons. The molecule has 18 rings (SSSR count). The lowest BCUT2D eigenvalue weighted by Gasteiger charge is -2.39. The Balaban J connectivity index is 0.000000132. The van der Waals surface area contributed by atoms with Crippen molar-refractivity contribution in [3.63, 3.8) is 0 Å². The number of hydrogen-bond donors (Lipinski definition) is 8. The van der Waals surface area contributed by atoms with Crippen molar-refractivity contribution in [2.45, 2.75) is 52.7 Å². The Bertz CT molecular complexity index is 6350. The van der Waals surface area contributed by atoms with Crippen LogP contribution in [0.25, 0.3) is 99.2 Å². The molecule has 3 fully saturated rings. The van der Waals surface area contributed by atoms with Gasteiger partial charge in [0.25, 0.3) is 11.8 Å². The Kier molecular flexibility index (Phi) is 23.5. The van der Waals surface area contributed by atoms with Gasteiger partial charge in [0.15, 0.2) is 0 Å². The highest BCUT2D eigenvalue weighted by Gasteiger charge is 2.35. The molecular formula is C91H93N21O8. The van der Waals surface area contributed by atoms with Crippen LogP contribution in [-0.2, 0) is 30.6 Å². The highest BCUT2D eigenvalue weighted by molar-refractivity contribution is 6.05. The average molecular weight is 1610 g/mol. The number of carboxylic acids is 1. The van der Waals surface area contributed by atoms with Crippen LogP contribution in [0.1, 0.15) is 72.6 Å². The Hall–Kier alpha value is -14.3. The van der Waals surface area contributed by atoms with E-state index in [9.17, 15) is 29.1 Å². The number of aromatic carboxylic acids is 1. The number of benzene rings is 6. The van der Waals surface area contributed by atoms with Gasteiger partial charge in [0.2, 0.25) is 0 Å². The highest BCUT2D eigenvalue weighted by atomic mass is 16.6. The minimum absolute atomic E-state index is 0.114. The van der Waals surface area contributed by atoms with Gasteiger partial charge in [-0.25, -0.2) is 14.4 Å². The van der Waals surface area contributed by atoms with Gasteiger partial charge < -0.3 is 75.7 Å². The van der Waals surface area contributed by atoms with E-state index in [4.69, 9.17) is 15.2 Å². The molecule has 3 aliphatic heterocycles. The molecule has 12 heterocycles. The number of aryl methyl sites for hydroxylation is 3. The average Bonchev–Trinajstić information content (AvgIpc) is 1.29. The molecule has 6 aromatic carbocycles. The summed E-state index contributed by atoms with van der Waals surface area (Å²) in [6.07, 6.45) is 25.2. The van der Waals surface area contributed by atoms with E-state index in [1.54, 1.807) is 83.9 Å². The van der Waals surface area contributed by atoms with Crippen molar-refractivity contribution >= 4 is 130 Å². The molecule has 29 nitrogen and oxygen atoms in total. The molecule has 3 aliphatic rings. The van der Waals surface area contributed by atoms with E-state index < -0.39 is 17.2 Å². The van der Waals surface area contributed by atoms with E-state index in [0.717, 1.165) is 126 Å². The molecule has 15 aromatic rings. The number of carboxylic acid groups (broad SMARTS) is 1. The van der Waals surface area contributed by atoms with Crippen molar-refractivity contribution in [1.29, 1.82) is 0 Å². The van der Waals surface area contributed by atoms with Crippen LogP contribution in [0.15, 0.2) is 220 Å². The number of amides is 4. The molecule has 0 aliphatic carbocycles. The monoisotopic (exact) mass is 1610 g/mol. The number of nitrogens with zero attached hydrogens (tertiary/aromatic N) is 14. The van der Waals surface area contributed by atoms with Crippen LogP contribution in [0.4, 0.5) is 43.7 Å². The van der Waals surface area contributed by atoms with Crippen molar-refractivity contribution in [2.75, 3.05) is 74.9 Å². The molecule has 0 atom stereocenters. The number of anilines is 6. The molecule has 9 aromatic heterocycles. The Morgan fingerprint density at radius 2 is 0.775 bits per heavy atom. The number of nitrogens with one attached hydrogen (secondary N) is 6. The zero-order valence-electron chi connectivity index (χ0n) is 68.0. The Morgan fingerprint density at radius 3 is 1.12 bits per heavy atom. The Morgan fingerprint density at radius 1 is 0.433 bits per heavy atom. The summed E-state index contributed by atoms with van der Waals surface area (Å²) in [5.74, 6) is -0.229. The van der Waals surface area contributed by atoms with Gasteiger partial charge >= 0.3 is 18.2 Å². The lowest BCUT2D eigenvalue weighted by atomic mass is 10.0. The topological polar surface area (TPSA) is 360 Å². The van der Waals surface area contributed by atoms with Gasteiger partial charge in [0.05, 0.1) is 85.4 Å². The SMILES string of the molecule is CC(C)(C)OC(=O)N1CC(CN)C1.Cn1ccc2ccc(-c3cc(Nc4cnccc4C(=O)NCC4CN(C(=O)OC(C)(C)C)C4)cc4nccnc34)cc21.Cn1ccc2ccc(-c3cc(Nc4cnccc4C(=O)NCC4CNC4)cc4nccnc34)cc21.Cn1ccc2ccc(-c3cc(Nc4cnccc4C(=O)O)cc4nccnc34)cc21. The summed E-state index contributed by atoms with van der Waals surface area (Å²) in [6.45, 7) is 17.4. The van der Waals surface area contributed by atoms with Gasteiger partial charge in [-0.1, -0.05) is 36.4 Å². The van der Waals surface area contributed by atoms with Gasteiger partial charge in [-0.15, -0.1) is 0 Å². The number of hydrogen-bond acceptors (Lipinski definition) is 21. The third-order valence-electron chi connectivity index (χ3n) is 20.9. The third-order valence-corrected chi connectivity index (χ3v) is 20.9. The molecule has 0 bridgehead atoms. The zero-order chi connectivity index (χ0) is 83.9. The van der Waals surface area contributed by atoms with Crippen molar-refractivity contribution in [3.05, 3.63) is 237 Å². The van der Waals surface area contributed by atoms with E-state index in [0.29, 0.717) is 84.0 Å². The number of nitrogens with two attached hydrogens (primary N) is 1. The smallest absolute Gasteiger partial charge is 0.410 e. The lowest BCUT2D eigenvalue weighted by molar-refractivity contribution is -0.00110. The van der Waals surface area contributed by atoms with Gasteiger partial charge in [-0.2, -0.15) is 0 Å².